The van der Waals surface area contributed by atoms with E-state index in [4.69, 9.17) is 18.9 Å². The maximum atomic E-state index is 12.9. The summed E-state index contributed by atoms with van der Waals surface area (Å²) in [4.78, 5) is 24.1. The Hall–Kier alpha value is -2.16. The predicted molar refractivity (Wildman–Crippen MR) is 179 cm³/mol. The smallest absolute Gasteiger partial charge is 0.372 e. The molecule has 0 aliphatic heterocycles. The number of hydrogen-bond acceptors (Lipinski definition) is 8. The Bertz CT molecular complexity index is 1230. The van der Waals surface area contributed by atoms with Gasteiger partial charge < -0.3 is 18.9 Å². The number of carbonyl (C=O) groups excluding carboxylic acids is 2. The highest BCUT2D eigenvalue weighted by Crippen LogP contribution is 2.61. The first-order valence-corrected chi connectivity index (χ1v) is 18.3. The summed E-state index contributed by atoms with van der Waals surface area (Å²) in [6, 6.07) is 16.1. The first-order chi connectivity index (χ1) is 21.3. The van der Waals surface area contributed by atoms with E-state index in [9.17, 15) is 9.59 Å². The first kappa shape index (κ1) is 33.2. The van der Waals surface area contributed by atoms with E-state index in [-0.39, 0.29) is 16.7 Å². The minimum absolute atomic E-state index is 0.115. The van der Waals surface area contributed by atoms with Gasteiger partial charge in [-0.2, -0.15) is 11.8 Å². The molecule has 0 radical (unpaired) electrons. The summed E-state index contributed by atoms with van der Waals surface area (Å²) in [7, 11) is 1.68. The van der Waals surface area contributed by atoms with Crippen molar-refractivity contribution in [2.24, 2.45) is 23.7 Å². The Kier molecular flexibility index (Phi) is 11.6. The third kappa shape index (κ3) is 8.16. The van der Waals surface area contributed by atoms with Crippen molar-refractivity contribution < 1.29 is 28.5 Å². The van der Waals surface area contributed by atoms with Crippen LogP contribution in [0, 0.1) is 23.7 Å². The van der Waals surface area contributed by atoms with Gasteiger partial charge in [0.05, 0.1) is 19.8 Å². The molecule has 2 aromatic carbocycles. The summed E-state index contributed by atoms with van der Waals surface area (Å²) in [6.07, 6.45) is 7.51. The second kappa shape index (κ2) is 15.4. The maximum Gasteiger partial charge on any atom is 0.372 e. The van der Waals surface area contributed by atoms with Gasteiger partial charge in [-0.3, -0.25) is 4.79 Å². The van der Waals surface area contributed by atoms with Crippen molar-refractivity contribution in [3.63, 3.8) is 0 Å². The van der Waals surface area contributed by atoms with E-state index in [1.807, 2.05) is 43.0 Å². The number of esters is 1. The molecule has 3 aliphatic rings. The zero-order valence-corrected chi connectivity index (χ0v) is 28.3. The van der Waals surface area contributed by atoms with Gasteiger partial charge in [0.2, 0.25) is 0 Å². The monoisotopic (exact) mass is 640 g/mol. The summed E-state index contributed by atoms with van der Waals surface area (Å²) in [5.41, 5.74) is 2.18. The highest BCUT2D eigenvalue weighted by atomic mass is 32.2. The average molecular weight is 641 g/mol. The normalized spacial score (nSPS) is 25.5. The molecule has 8 heteroatoms. The molecule has 0 aromatic heterocycles. The van der Waals surface area contributed by atoms with E-state index < -0.39 is 0 Å². The Morgan fingerprint density at radius 3 is 2.11 bits per heavy atom. The van der Waals surface area contributed by atoms with Gasteiger partial charge in [0.25, 0.3) is 0 Å². The minimum atomic E-state index is -0.196. The van der Waals surface area contributed by atoms with Gasteiger partial charge >= 0.3 is 11.3 Å². The molecule has 3 fully saturated rings. The van der Waals surface area contributed by atoms with Crippen LogP contribution in [0.2, 0.25) is 0 Å². The van der Waals surface area contributed by atoms with E-state index in [0.717, 1.165) is 66.9 Å². The lowest BCUT2D eigenvalue weighted by molar-refractivity contribution is -0.143. The van der Waals surface area contributed by atoms with Crippen LogP contribution in [-0.4, -0.2) is 54.5 Å². The molecule has 0 saturated heterocycles. The van der Waals surface area contributed by atoms with Crippen LogP contribution in [0.1, 0.15) is 76.8 Å². The zero-order chi connectivity index (χ0) is 31.1. The average Bonchev–Trinajstić information content (AvgIpc) is 3.72. The summed E-state index contributed by atoms with van der Waals surface area (Å²) < 4.78 is 22.6. The van der Waals surface area contributed by atoms with Crippen LogP contribution < -0.4 is 9.47 Å². The Balaban J connectivity index is 1.01. The number of hydrogen-bond donors (Lipinski definition) is 0. The van der Waals surface area contributed by atoms with Crippen molar-refractivity contribution >= 4 is 34.8 Å². The molecule has 6 nitrogen and oxygen atoms in total. The molecule has 6 unspecified atom stereocenters. The number of thioether (sulfide) groups is 2. The quantitative estimate of drug-likeness (QED) is 0.142. The fourth-order valence-corrected chi connectivity index (χ4v) is 9.46. The van der Waals surface area contributed by atoms with Crippen LogP contribution in [0.25, 0.3) is 0 Å². The summed E-state index contributed by atoms with van der Waals surface area (Å²) in [6.45, 7) is 7.57. The van der Waals surface area contributed by atoms with Crippen molar-refractivity contribution in [2.45, 2.75) is 82.5 Å². The number of methoxy groups -OCH3 is 1. The molecule has 0 N–H and O–H groups in total. The molecule has 0 spiro atoms. The molecular formula is C36H48O6S2. The van der Waals surface area contributed by atoms with Crippen LogP contribution in [-0.2, 0) is 19.7 Å². The number of rotatable bonds is 15. The lowest BCUT2D eigenvalue weighted by Crippen LogP contribution is -2.30. The predicted octanol–water partition coefficient (Wildman–Crippen LogP) is 8.54. The van der Waals surface area contributed by atoms with Crippen LogP contribution in [0.5, 0.6) is 11.5 Å². The molecular weight excluding hydrogens is 593 g/mol. The third-order valence-corrected chi connectivity index (χ3v) is 12.1. The molecule has 5 rings (SSSR count). The van der Waals surface area contributed by atoms with Gasteiger partial charge in [0, 0.05) is 23.7 Å². The number of benzene rings is 2. The number of ether oxygens (including phenoxy) is 4. The van der Waals surface area contributed by atoms with Crippen molar-refractivity contribution in [1.82, 2.24) is 0 Å². The van der Waals surface area contributed by atoms with Gasteiger partial charge in [-0.1, -0.05) is 45.0 Å². The van der Waals surface area contributed by atoms with Crippen molar-refractivity contribution in [1.29, 1.82) is 0 Å². The van der Waals surface area contributed by atoms with Gasteiger partial charge in [0.1, 0.15) is 11.5 Å². The van der Waals surface area contributed by atoms with E-state index in [1.165, 1.54) is 30.2 Å². The SMILES string of the molecule is CCC(=O)OCCCSCCCOC1CC2CC1C1CC(SC(=O)Oc3ccc(C(C)(C)c4ccc(OC)cc4)cc3)CC21. The molecule has 2 aromatic rings. The molecule has 0 amide bonds. The van der Waals surface area contributed by atoms with E-state index in [0.29, 0.717) is 42.0 Å². The molecule has 3 saturated carbocycles. The Labute approximate surface area is 271 Å². The number of carbonyl (C=O) groups is 2. The highest BCUT2D eigenvalue weighted by molar-refractivity contribution is 8.13. The fraction of sp³-hybridized carbons (Fsp3) is 0.611. The maximum absolute atomic E-state index is 12.9. The van der Waals surface area contributed by atoms with Crippen LogP contribution >= 0.6 is 23.5 Å². The van der Waals surface area contributed by atoms with Crippen LogP contribution in [0.4, 0.5) is 4.79 Å². The molecule has 240 valence electrons. The molecule has 3 aliphatic carbocycles. The molecule has 6 atom stereocenters. The molecule has 44 heavy (non-hydrogen) atoms. The van der Waals surface area contributed by atoms with Crippen molar-refractivity contribution in [3.05, 3.63) is 59.7 Å². The zero-order valence-electron chi connectivity index (χ0n) is 26.6. The summed E-state index contributed by atoms with van der Waals surface area (Å²) in [5, 5.41) is 0.140. The van der Waals surface area contributed by atoms with Gasteiger partial charge in [-0.15, -0.1) is 0 Å². The third-order valence-electron chi connectivity index (χ3n) is 9.96. The van der Waals surface area contributed by atoms with E-state index in [2.05, 4.69) is 38.1 Å². The van der Waals surface area contributed by atoms with E-state index in [1.54, 1.807) is 7.11 Å². The van der Waals surface area contributed by atoms with Gasteiger partial charge in [-0.05, 0) is 121 Å². The van der Waals surface area contributed by atoms with Crippen molar-refractivity contribution in [3.8, 4) is 11.5 Å². The largest absolute Gasteiger partial charge is 0.497 e. The first-order valence-electron chi connectivity index (χ1n) is 16.3. The molecule has 0 heterocycles. The lowest BCUT2D eigenvalue weighted by atomic mass is 9.78. The Morgan fingerprint density at radius 1 is 0.818 bits per heavy atom. The topological polar surface area (TPSA) is 71.1 Å². The van der Waals surface area contributed by atoms with Gasteiger partial charge in [0.15, 0.2) is 0 Å². The van der Waals surface area contributed by atoms with E-state index >= 15 is 0 Å². The van der Waals surface area contributed by atoms with Crippen LogP contribution in [0.3, 0.4) is 0 Å². The highest BCUT2D eigenvalue weighted by Gasteiger charge is 2.56. The van der Waals surface area contributed by atoms with Crippen molar-refractivity contribution in [2.75, 3.05) is 31.8 Å². The summed E-state index contributed by atoms with van der Waals surface area (Å²) in [5.74, 6) is 6.25. The molecule has 2 bridgehead atoms. The van der Waals surface area contributed by atoms with Crippen LogP contribution in [0.15, 0.2) is 48.5 Å². The standard InChI is InChI=1S/C36H48O6S2/c1-5-34(37)41-17-7-19-43-18-6-16-40-33-21-24-20-32(33)31-23-29(22-30(24)31)44-35(38)42-28-14-10-26(11-15-28)36(2,3)25-8-12-27(39-4)13-9-25/h8-15,24,29-33H,5-7,16-23H2,1-4H3. The second-order valence-electron chi connectivity index (χ2n) is 13.0. The Morgan fingerprint density at radius 2 is 1.45 bits per heavy atom. The lowest BCUT2D eigenvalue weighted by Gasteiger charge is -2.31. The fourth-order valence-electron chi connectivity index (χ4n) is 7.56. The number of fused-ring (bicyclic) bond motifs is 5. The minimum Gasteiger partial charge on any atom is -0.497 e. The van der Waals surface area contributed by atoms with Gasteiger partial charge in [-0.25, -0.2) is 4.79 Å². The summed E-state index contributed by atoms with van der Waals surface area (Å²) >= 11 is 3.31. The second-order valence-corrected chi connectivity index (χ2v) is 15.4.